The molecule has 2 aromatic carbocycles. The van der Waals surface area contributed by atoms with Gasteiger partial charge in [0.05, 0.1) is 0 Å². The Morgan fingerprint density at radius 2 is 1.70 bits per heavy atom. The maximum atomic E-state index is 12.1. The summed E-state index contributed by atoms with van der Waals surface area (Å²) in [7, 11) is 1.82. The number of benzene rings is 2. The van der Waals surface area contributed by atoms with Gasteiger partial charge in [-0.2, -0.15) is 0 Å². The molecule has 0 unspecified atom stereocenters. The van der Waals surface area contributed by atoms with Crippen LogP contribution in [0.1, 0.15) is 25.0 Å². The van der Waals surface area contributed by atoms with Gasteiger partial charge in [-0.05, 0) is 23.1 Å². The Kier molecular flexibility index (Phi) is 6.21. The molecule has 23 heavy (non-hydrogen) atoms. The van der Waals surface area contributed by atoms with Crippen LogP contribution in [0.2, 0.25) is 0 Å². The van der Waals surface area contributed by atoms with E-state index in [1.165, 1.54) is 5.56 Å². The van der Waals surface area contributed by atoms with E-state index in [-0.39, 0.29) is 12.5 Å². The minimum atomic E-state index is 0.00761. The zero-order valence-electron chi connectivity index (χ0n) is 14.2. The van der Waals surface area contributed by atoms with Gasteiger partial charge in [0.15, 0.2) is 6.61 Å². The number of amides is 1. The van der Waals surface area contributed by atoms with E-state index >= 15 is 0 Å². The Bertz CT molecular complexity index is 623. The van der Waals surface area contributed by atoms with Crippen LogP contribution < -0.4 is 4.74 Å². The third kappa shape index (κ3) is 5.44. The van der Waals surface area contributed by atoms with Crippen LogP contribution in [-0.4, -0.2) is 31.0 Å². The van der Waals surface area contributed by atoms with E-state index in [2.05, 4.69) is 26.0 Å². The number of ether oxygens (including phenoxy) is 1. The number of hydrogen-bond donors (Lipinski definition) is 0. The molecule has 0 atom stereocenters. The van der Waals surface area contributed by atoms with E-state index in [0.29, 0.717) is 5.92 Å². The van der Waals surface area contributed by atoms with Crippen LogP contribution in [0.3, 0.4) is 0 Å². The molecule has 0 radical (unpaired) electrons. The molecular weight excluding hydrogens is 286 g/mol. The van der Waals surface area contributed by atoms with Crippen LogP contribution in [0, 0.1) is 5.92 Å². The third-order valence-corrected chi connectivity index (χ3v) is 3.63. The largest absolute Gasteiger partial charge is 0.483 e. The Hall–Kier alpha value is -2.29. The number of hydrogen-bond acceptors (Lipinski definition) is 2. The topological polar surface area (TPSA) is 29.5 Å². The number of carbonyl (C=O) groups excluding carboxylic acids is 1. The highest BCUT2D eigenvalue weighted by Crippen LogP contribution is 2.21. The van der Waals surface area contributed by atoms with Crippen LogP contribution in [0.15, 0.2) is 54.6 Å². The van der Waals surface area contributed by atoms with Gasteiger partial charge in [0, 0.05) is 20.0 Å². The lowest BCUT2D eigenvalue weighted by Gasteiger charge is -2.20. The first kappa shape index (κ1) is 17.1. The lowest BCUT2D eigenvalue weighted by Crippen LogP contribution is -2.34. The maximum Gasteiger partial charge on any atom is 0.260 e. The summed E-state index contributed by atoms with van der Waals surface area (Å²) in [6.45, 7) is 5.02. The minimum Gasteiger partial charge on any atom is -0.483 e. The van der Waals surface area contributed by atoms with Crippen LogP contribution in [0.25, 0.3) is 0 Å². The van der Waals surface area contributed by atoms with E-state index < -0.39 is 0 Å². The molecule has 0 N–H and O–H groups in total. The molecule has 0 aliphatic carbocycles. The van der Waals surface area contributed by atoms with Crippen molar-refractivity contribution in [1.82, 2.24) is 4.90 Å². The predicted molar refractivity (Wildman–Crippen MR) is 93.7 cm³/mol. The molecule has 0 heterocycles. The van der Waals surface area contributed by atoms with Crippen LogP contribution >= 0.6 is 0 Å². The summed E-state index contributed by atoms with van der Waals surface area (Å²) in [6.07, 6.45) is 0.799. The van der Waals surface area contributed by atoms with Gasteiger partial charge in [0.2, 0.25) is 0 Å². The smallest absolute Gasteiger partial charge is 0.260 e. The third-order valence-electron chi connectivity index (χ3n) is 3.63. The van der Waals surface area contributed by atoms with Crippen molar-refractivity contribution < 1.29 is 9.53 Å². The van der Waals surface area contributed by atoms with Crippen LogP contribution in [0.4, 0.5) is 0 Å². The molecule has 1 amide bonds. The first-order chi connectivity index (χ1) is 11.1. The Labute approximate surface area is 138 Å². The van der Waals surface area contributed by atoms with Crippen molar-refractivity contribution in [3.63, 3.8) is 0 Å². The molecule has 2 aromatic rings. The normalized spacial score (nSPS) is 10.6. The minimum absolute atomic E-state index is 0.00761. The summed E-state index contributed by atoms with van der Waals surface area (Å²) in [5, 5.41) is 0. The molecule has 0 spiro atoms. The molecule has 2 rings (SSSR count). The van der Waals surface area contributed by atoms with Crippen molar-refractivity contribution in [2.75, 3.05) is 20.2 Å². The predicted octanol–water partition coefficient (Wildman–Crippen LogP) is 3.77. The van der Waals surface area contributed by atoms with E-state index in [1.807, 2.05) is 49.5 Å². The van der Waals surface area contributed by atoms with Crippen LogP contribution in [-0.2, 0) is 11.2 Å². The van der Waals surface area contributed by atoms with Crippen molar-refractivity contribution in [2.24, 2.45) is 5.92 Å². The molecule has 0 saturated heterocycles. The maximum absolute atomic E-state index is 12.1. The fourth-order valence-corrected chi connectivity index (χ4v) is 2.51. The van der Waals surface area contributed by atoms with Crippen molar-refractivity contribution in [3.05, 3.63) is 65.7 Å². The highest BCUT2D eigenvalue weighted by molar-refractivity contribution is 5.77. The quantitative estimate of drug-likeness (QED) is 0.779. The molecule has 0 saturated carbocycles. The monoisotopic (exact) mass is 311 g/mol. The SMILES string of the molecule is CC(C)CN(C)C(=O)COc1ccccc1Cc1ccccc1. The van der Waals surface area contributed by atoms with Gasteiger partial charge < -0.3 is 9.64 Å². The van der Waals surface area contributed by atoms with Crippen molar-refractivity contribution in [3.8, 4) is 5.75 Å². The second kappa shape index (κ2) is 8.37. The van der Waals surface area contributed by atoms with E-state index in [1.54, 1.807) is 4.90 Å². The molecule has 3 heteroatoms. The summed E-state index contributed by atoms with van der Waals surface area (Å²) >= 11 is 0. The first-order valence-electron chi connectivity index (χ1n) is 8.05. The molecule has 0 aliphatic heterocycles. The van der Waals surface area contributed by atoms with E-state index in [4.69, 9.17) is 4.74 Å². The summed E-state index contributed by atoms with van der Waals surface area (Å²) < 4.78 is 5.78. The average Bonchev–Trinajstić information content (AvgIpc) is 2.54. The first-order valence-corrected chi connectivity index (χ1v) is 8.05. The summed E-state index contributed by atoms with van der Waals surface area (Å²) in [5.41, 5.74) is 2.32. The highest BCUT2D eigenvalue weighted by Gasteiger charge is 2.12. The molecular formula is C20H25NO2. The Morgan fingerprint density at radius 3 is 2.39 bits per heavy atom. The van der Waals surface area contributed by atoms with Crippen LogP contribution in [0.5, 0.6) is 5.75 Å². The van der Waals surface area contributed by atoms with Gasteiger partial charge in [0.1, 0.15) is 5.75 Å². The Morgan fingerprint density at radius 1 is 1.04 bits per heavy atom. The van der Waals surface area contributed by atoms with E-state index in [0.717, 1.165) is 24.3 Å². The van der Waals surface area contributed by atoms with Crippen molar-refractivity contribution in [1.29, 1.82) is 0 Å². The standard InChI is InChI=1S/C20H25NO2/c1-16(2)14-21(3)20(22)15-23-19-12-8-7-11-18(19)13-17-9-5-4-6-10-17/h4-12,16H,13-15H2,1-3H3. The Balaban J connectivity index is 1.99. The lowest BCUT2D eigenvalue weighted by molar-refractivity contribution is -0.132. The summed E-state index contributed by atoms with van der Waals surface area (Å²) in [6, 6.07) is 18.2. The summed E-state index contributed by atoms with van der Waals surface area (Å²) in [4.78, 5) is 13.8. The molecule has 0 fully saturated rings. The van der Waals surface area contributed by atoms with Crippen molar-refractivity contribution >= 4 is 5.91 Å². The summed E-state index contributed by atoms with van der Waals surface area (Å²) in [5.74, 6) is 1.24. The van der Waals surface area contributed by atoms with Gasteiger partial charge >= 0.3 is 0 Å². The number of rotatable bonds is 7. The fraction of sp³-hybridized carbons (Fsp3) is 0.350. The highest BCUT2D eigenvalue weighted by atomic mass is 16.5. The second-order valence-electron chi connectivity index (χ2n) is 6.23. The number of likely N-dealkylation sites (N-methyl/N-ethyl adjacent to an activating group) is 1. The van der Waals surface area contributed by atoms with Gasteiger partial charge in [0.25, 0.3) is 5.91 Å². The van der Waals surface area contributed by atoms with Gasteiger partial charge in [-0.15, -0.1) is 0 Å². The van der Waals surface area contributed by atoms with Crippen molar-refractivity contribution in [2.45, 2.75) is 20.3 Å². The zero-order chi connectivity index (χ0) is 16.7. The molecule has 0 bridgehead atoms. The zero-order valence-corrected chi connectivity index (χ0v) is 14.2. The van der Waals surface area contributed by atoms with E-state index in [9.17, 15) is 4.79 Å². The number of para-hydroxylation sites is 1. The molecule has 3 nitrogen and oxygen atoms in total. The average molecular weight is 311 g/mol. The molecule has 0 aromatic heterocycles. The van der Waals surface area contributed by atoms with Gasteiger partial charge in [-0.1, -0.05) is 62.4 Å². The number of nitrogens with zero attached hydrogens (tertiary/aromatic N) is 1. The fourth-order valence-electron chi connectivity index (χ4n) is 2.51. The van der Waals surface area contributed by atoms with Gasteiger partial charge in [-0.3, -0.25) is 4.79 Å². The second-order valence-corrected chi connectivity index (χ2v) is 6.23. The van der Waals surface area contributed by atoms with Gasteiger partial charge in [-0.25, -0.2) is 0 Å². The lowest BCUT2D eigenvalue weighted by atomic mass is 10.0. The molecule has 0 aliphatic rings. The molecule has 122 valence electrons. The number of carbonyl (C=O) groups is 1.